The van der Waals surface area contributed by atoms with E-state index in [0.29, 0.717) is 44.3 Å². The lowest BCUT2D eigenvalue weighted by Crippen LogP contribution is -2.59. The summed E-state index contributed by atoms with van der Waals surface area (Å²) < 4.78 is 59.8. The number of ketones is 1. The van der Waals surface area contributed by atoms with Crippen molar-refractivity contribution in [2.75, 3.05) is 46.3 Å². The number of aliphatic hydroxyl groups excluding tert-OH is 9. The van der Waals surface area contributed by atoms with Gasteiger partial charge >= 0.3 is 27.1 Å². The Morgan fingerprint density at radius 1 is 0.653 bits per heavy atom. The first-order valence-corrected chi connectivity index (χ1v) is 27.2. The highest BCUT2D eigenvalue weighted by atomic mass is 31.2. The van der Waals surface area contributed by atoms with Gasteiger partial charge in [0.25, 0.3) is 0 Å². The van der Waals surface area contributed by atoms with Gasteiger partial charge in [0.05, 0.1) is 63.2 Å². The number of ether oxygens (including phenoxy) is 7. The third kappa shape index (κ3) is 24.2. The van der Waals surface area contributed by atoms with Crippen LogP contribution in [0, 0.1) is 5.92 Å². The van der Waals surface area contributed by atoms with Crippen LogP contribution in [0.4, 0.5) is 0 Å². The number of carboxylic acids is 2. The molecule has 1 aromatic rings. The fraction of sp³-hybridized carbons (Fsp3) is 0.854. The first kappa shape index (κ1) is 68.0. The molecule has 4 rings (SSSR count). The Morgan fingerprint density at radius 2 is 1.12 bits per heavy atom. The average molecular weight is 1130 g/mol. The summed E-state index contributed by atoms with van der Waals surface area (Å²) in [6.07, 6.45) is -18.6. The monoisotopic (exact) mass is 1130 g/mol. The normalized spacial score (nSPS) is 30.1. The number of nitrogens with zero attached hydrogens (tertiary/aromatic N) is 3. The van der Waals surface area contributed by atoms with Crippen LogP contribution in [-0.2, 0) is 74.6 Å². The first-order valence-electron chi connectivity index (χ1n) is 23.6. The molecule has 0 aromatic carbocycles. The van der Waals surface area contributed by atoms with E-state index in [2.05, 4.69) is 15.6 Å². The molecule has 75 heavy (non-hydrogen) atoms. The van der Waals surface area contributed by atoms with Crippen molar-refractivity contribution in [1.29, 1.82) is 0 Å². The van der Waals surface area contributed by atoms with Gasteiger partial charge < -0.3 is 114 Å². The van der Waals surface area contributed by atoms with E-state index in [-0.39, 0.29) is 57.4 Å². The highest BCUT2D eigenvalue weighted by Gasteiger charge is 2.48. The van der Waals surface area contributed by atoms with Crippen LogP contribution in [0.5, 0.6) is 0 Å². The van der Waals surface area contributed by atoms with Crippen molar-refractivity contribution in [3.63, 3.8) is 0 Å². The van der Waals surface area contributed by atoms with E-state index in [9.17, 15) is 74.3 Å². The standard InChI is InChI=1S/C17H28O10.C14H25N4O9P.C10H21O9P/c1-2-9(18)6-4-3-5-7-26-17-14(21)13(20)12(19)11(27-17)8-10(15(22)23)16(24)25;1-15-10(19)2-4-18-6-8(16-17-18)7-26-14-13(22)12(21)11(20)9(27-14)3-5-28(23,24)25;1-17-3-4-18-10-9(13)8(12)7(11)6(19-10)2-5-20(14,15)16/h10-14,17,19-21H,2-8H2,1H3,(H,22,23)(H,24,25);6,9,11-14,20-22H,2-5,7H2,1H3,(H,15,19)(H2,23,24,25);6-13H,2-5H2,1H3,(H2,14,15,16). The summed E-state index contributed by atoms with van der Waals surface area (Å²) in [4.78, 5) is 80.0. The summed E-state index contributed by atoms with van der Waals surface area (Å²) in [6.45, 7) is 2.46. The predicted molar refractivity (Wildman–Crippen MR) is 248 cm³/mol. The Kier molecular flexibility index (Phi) is 30.2. The van der Waals surface area contributed by atoms with Gasteiger partial charge in [-0.25, -0.2) is 0 Å². The molecule has 3 fully saturated rings. The van der Waals surface area contributed by atoms with E-state index in [1.54, 1.807) is 6.92 Å². The fourth-order valence-corrected chi connectivity index (χ4v) is 8.39. The van der Waals surface area contributed by atoms with Crippen LogP contribution in [0.1, 0.15) is 70.4 Å². The van der Waals surface area contributed by atoms with Gasteiger partial charge in [-0.15, -0.1) is 5.10 Å². The summed E-state index contributed by atoms with van der Waals surface area (Å²) in [6, 6.07) is 0. The van der Waals surface area contributed by atoms with Gasteiger partial charge in [0.1, 0.15) is 66.4 Å². The Balaban J connectivity index is 0.000000391. The maximum Gasteiger partial charge on any atom is 0.325 e. The van der Waals surface area contributed by atoms with Crippen molar-refractivity contribution in [3.8, 4) is 0 Å². The van der Waals surface area contributed by atoms with Crippen LogP contribution in [-0.4, -0.2) is 253 Å². The molecule has 34 heteroatoms. The fourth-order valence-electron chi connectivity index (χ4n) is 7.21. The van der Waals surface area contributed by atoms with Crippen LogP contribution in [0.15, 0.2) is 6.20 Å². The number of methoxy groups -OCH3 is 1. The summed E-state index contributed by atoms with van der Waals surface area (Å²) >= 11 is 0. The van der Waals surface area contributed by atoms with Crippen LogP contribution >= 0.6 is 15.2 Å². The number of rotatable bonds is 28. The van der Waals surface area contributed by atoms with Crippen LogP contribution in [0.25, 0.3) is 0 Å². The minimum absolute atomic E-state index is 0.103. The van der Waals surface area contributed by atoms with E-state index in [1.165, 1.54) is 25.0 Å². The number of aromatic nitrogens is 3. The van der Waals surface area contributed by atoms with Crippen LogP contribution in [0.2, 0.25) is 0 Å². The number of unbranched alkanes of at least 4 members (excludes halogenated alkanes) is 2. The third-order valence-electron chi connectivity index (χ3n) is 11.7. The molecule has 1 amide bonds. The Labute approximate surface area is 429 Å². The van der Waals surface area contributed by atoms with E-state index in [0.717, 1.165) is 0 Å². The molecule has 32 nitrogen and oxygen atoms in total. The SMILES string of the molecule is CCC(=O)CCCCCOC1OC(CC(C(=O)O)C(=O)O)C(O)C(O)C1O.CNC(=O)CCn1cc(COC2OC(CCP(=O)(O)O)C(O)C(O)C2O)nn1.COCCOC1OC(CCP(=O)(O)O)C(O)C(O)C1O. The molecule has 16 N–H and O–H groups in total. The number of carboxylic acid groups (broad SMARTS) is 2. The molecule has 1 aromatic heterocycles. The number of nitrogens with one attached hydrogen (secondary N) is 1. The van der Waals surface area contributed by atoms with Crippen molar-refractivity contribution in [2.45, 2.75) is 170 Å². The smallest absolute Gasteiger partial charge is 0.325 e. The predicted octanol–water partition coefficient (Wildman–Crippen LogP) is -5.14. The molecule has 0 aliphatic carbocycles. The van der Waals surface area contributed by atoms with Crippen molar-refractivity contribution >= 4 is 38.8 Å². The van der Waals surface area contributed by atoms with Gasteiger partial charge in [0, 0.05) is 46.4 Å². The number of hydrogen-bond donors (Lipinski definition) is 16. The molecular formula is C41H74N4O28P2. The zero-order valence-electron chi connectivity index (χ0n) is 41.4. The maximum atomic E-state index is 11.2. The summed E-state index contributed by atoms with van der Waals surface area (Å²) in [7, 11) is -5.57. The second kappa shape index (κ2) is 33.3. The number of amides is 1. The van der Waals surface area contributed by atoms with Gasteiger partial charge in [-0.05, 0) is 25.7 Å². The van der Waals surface area contributed by atoms with Gasteiger partial charge in [0.2, 0.25) is 5.91 Å². The molecule has 0 bridgehead atoms. The van der Waals surface area contributed by atoms with E-state index in [4.69, 9.17) is 62.9 Å². The second-order valence-corrected chi connectivity index (χ2v) is 21.1. The van der Waals surface area contributed by atoms with E-state index < -0.39 is 144 Å². The first-order chi connectivity index (χ1) is 35.0. The molecule has 3 aliphatic rings. The molecular weight excluding hydrogens is 1060 g/mol. The number of aliphatic carboxylic acids is 2. The van der Waals surface area contributed by atoms with Gasteiger partial charge in [0.15, 0.2) is 24.8 Å². The number of carbonyl (C=O) groups is 4. The van der Waals surface area contributed by atoms with Gasteiger partial charge in [-0.3, -0.25) is 33.0 Å². The summed E-state index contributed by atoms with van der Waals surface area (Å²) in [5.74, 6) is -5.01. The van der Waals surface area contributed by atoms with Crippen molar-refractivity contribution < 1.29 is 137 Å². The van der Waals surface area contributed by atoms with Crippen molar-refractivity contribution in [2.24, 2.45) is 5.92 Å². The van der Waals surface area contributed by atoms with Crippen molar-refractivity contribution in [3.05, 3.63) is 11.9 Å². The Morgan fingerprint density at radius 3 is 1.57 bits per heavy atom. The minimum Gasteiger partial charge on any atom is -0.481 e. The largest absolute Gasteiger partial charge is 0.481 e. The van der Waals surface area contributed by atoms with Crippen molar-refractivity contribution in [1.82, 2.24) is 20.3 Å². The van der Waals surface area contributed by atoms with Crippen LogP contribution < -0.4 is 5.32 Å². The second-order valence-electron chi connectivity index (χ2n) is 17.5. The number of carbonyl (C=O) groups excluding carboxylic acids is 2. The van der Waals surface area contributed by atoms with E-state index in [1.807, 2.05) is 0 Å². The topological polar surface area (TPSA) is 513 Å². The molecule has 4 heterocycles. The average Bonchev–Trinajstić information content (AvgIpc) is 3.81. The summed E-state index contributed by atoms with van der Waals surface area (Å²) in [5, 5.41) is 117. The molecule has 0 radical (unpaired) electrons. The van der Waals surface area contributed by atoms with Gasteiger partial charge in [-0.2, -0.15) is 0 Å². The number of aliphatic hydroxyl groups is 9. The zero-order chi connectivity index (χ0) is 56.8. The zero-order valence-corrected chi connectivity index (χ0v) is 43.2. The molecule has 0 spiro atoms. The Hall–Kier alpha value is -3.12. The minimum atomic E-state index is -4.32. The Bertz CT molecular complexity index is 1950. The van der Waals surface area contributed by atoms with E-state index >= 15 is 0 Å². The maximum absolute atomic E-state index is 11.2. The molecule has 3 saturated heterocycles. The quantitative estimate of drug-likeness (QED) is 0.0212. The lowest BCUT2D eigenvalue weighted by molar-refractivity contribution is -0.300. The summed E-state index contributed by atoms with van der Waals surface area (Å²) in [5.41, 5.74) is 0.375. The highest BCUT2D eigenvalue weighted by Crippen LogP contribution is 2.38. The third-order valence-corrected chi connectivity index (χ3v) is 13.3. The lowest BCUT2D eigenvalue weighted by Gasteiger charge is -2.40. The number of Topliss-reactive ketones (excluding diaryl/α,β-unsaturated/α-hetero) is 1. The van der Waals surface area contributed by atoms with Crippen LogP contribution in [0.3, 0.4) is 0 Å². The molecule has 436 valence electrons. The molecule has 15 unspecified atom stereocenters. The molecule has 0 saturated carbocycles. The van der Waals surface area contributed by atoms with Gasteiger partial charge in [-0.1, -0.05) is 18.6 Å². The highest BCUT2D eigenvalue weighted by molar-refractivity contribution is 7.52. The molecule has 3 aliphatic heterocycles. The molecule has 15 atom stereocenters. The lowest BCUT2D eigenvalue weighted by atomic mass is 9.91. The number of hydrogen-bond acceptors (Lipinski definition) is 24. The number of aryl methyl sites for hydroxylation is 1.